The van der Waals surface area contributed by atoms with Gasteiger partial charge in [-0.25, -0.2) is 25.0 Å². The SMILES string of the molecule is C[C@@H](NC1c2ccccc2N=CN1C)C(C)(C)C.C[C@@H](NC1c2oc3cc4ccccc4cc3c2N=CN1C)C(C)(C)C.C[C@@H](NC1c2sc3c(ccc4ccccc43)c2N=CN1C)C(C)(C)C.C[C@@H](NC1c2sc3cc4ccccc4cc3c2N=CN1C)C(C)(C)C.C[C@@H](NC1c2sc3ccc4ccccc4c3c2N=CN1C)C(C)(C)C. The fourth-order valence-electron chi connectivity index (χ4n) is 14.8. The molecule has 4 aromatic heterocycles. The lowest BCUT2D eigenvalue weighted by atomic mass is 9.87. The second-order valence-electron chi connectivity index (χ2n) is 38.4. The van der Waals surface area contributed by atoms with Crippen LogP contribution in [0.15, 0.2) is 199 Å². The third-order valence-corrected chi connectivity index (χ3v) is 28.6. The highest BCUT2D eigenvalue weighted by molar-refractivity contribution is 7.21. The van der Waals surface area contributed by atoms with Crippen LogP contribution in [0, 0.1) is 27.1 Å². The Hall–Kier alpha value is -9.41. The Labute approximate surface area is 711 Å². The van der Waals surface area contributed by atoms with E-state index in [0.29, 0.717) is 30.2 Å². The molecule has 9 aromatic carbocycles. The molecule has 0 aliphatic carbocycles. The lowest BCUT2D eigenvalue weighted by molar-refractivity contribution is 0.190. The van der Waals surface area contributed by atoms with Crippen molar-refractivity contribution in [2.45, 2.75) is 200 Å². The van der Waals surface area contributed by atoms with Crippen molar-refractivity contribution in [1.29, 1.82) is 0 Å². The standard InChI is InChI=1S/C21H25N3O.3C21H25N3S.C15H23N3/c2*1-13(21(2,3)4)23-20-19-18(22-12-24(20)5)16-10-14-8-6-7-9-15(14)11-17(16)25-19;1-13(21(2,3)4)23-20-19-17(22-12-24(20)5)16-11-10-14-8-6-7-9-15(14)18(16)25-19;1-13(21(2,3)4)23-20-19-18(22-12-24(20)5)17-15-9-7-6-8-14(15)10-11-16(17)25-19;1-11(15(2,3)4)17-14-12-8-6-7-9-13(12)16-10-18(14)5/h4*6-13,20,23H,1-5H3;6-11,14,17H,1-5H3/t4*13-,20?;11-,14?/m11111/s1. The molecular weight excluding hydrogens is 1510 g/mol. The van der Waals surface area contributed by atoms with Gasteiger partial charge in [-0.2, -0.15) is 0 Å². The summed E-state index contributed by atoms with van der Waals surface area (Å²) in [5, 5.41) is 33.9. The number of para-hydroxylation sites is 1. The molecule has 0 bridgehead atoms. The van der Waals surface area contributed by atoms with Crippen molar-refractivity contribution in [2.75, 3.05) is 35.2 Å². The molecule has 118 heavy (non-hydrogen) atoms. The first-order valence-corrected chi connectivity index (χ1v) is 44.2. The molecule has 0 amide bonds. The molecule has 9 heterocycles. The number of fused-ring (bicyclic) bond motifs is 19. The van der Waals surface area contributed by atoms with Crippen LogP contribution >= 0.6 is 34.0 Å². The van der Waals surface area contributed by atoms with Gasteiger partial charge in [0.15, 0.2) is 5.76 Å². The van der Waals surface area contributed by atoms with Gasteiger partial charge in [-0.05, 0) is 141 Å². The van der Waals surface area contributed by atoms with Gasteiger partial charge in [0, 0.05) is 107 Å². The molecule has 5 aliphatic heterocycles. The fourth-order valence-corrected chi connectivity index (χ4v) is 18.8. The van der Waals surface area contributed by atoms with Gasteiger partial charge in [0.2, 0.25) is 0 Å². The van der Waals surface area contributed by atoms with Gasteiger partial charge in [-0.1, -0.05) is 237 Å². The Morgan fingerprint density at radius 1 is 0.314 bits per heavy atom. The van der Waals surface area contributed by atoms with Crippen LogP contribution in [0.2, 0.25) is 0 Å². The first-order chi connectivity index (χ1) is 55.8. The molecule has 5 N–H and O–H groups in total. The molecule has 5 aliphatic rings. The zero-order valence-electron chi connectivity index (χ0n) is 73.9. The number of benzene rings is 9. The zero-order chi connectivity index (χ0) is 84.4. The van der Waals surface area contributed by atoms with E-state index in [9.17, 15) is 0 Å². The quantitative estimate of drug-likeness (QED) is 0.0890. The van der Waals surface area contributed by atoms with E-state index >= 15 is 0 Å². The van der Waals surface area contributed by atoms with Crippen molar-refractivity contribution in [3.63, 3.8) is 0 Å². The second kappa shape index (κ2) is 33.7. The summed E-state index contributed by atoms with van der Waals surface area (Å²) in [5.74, 6) is 0.895. The Kier molecular flexibility index (Phi) is 24.2. The maximum absolute atomic E-state index is 6.28. The number of rotatable bonds is 10. The minimum absolute atomic E-state index is 0.0164. The summed E-state index contributed by atoms with van der Waals surface area (Å²) in [7, 11) is 10.4. The summed E-state index contributed by atoms with van der Waals surface area (Å²) < 4.78 is 10.2. The number of nitrogens with zero attached hydrogens (tertiary/aromatic N) is 10. The normalized spacial score (nSPS) is 19.1. The van der Waals surface area contributed by atoms with Crippen molar-refractivity contribution < 1.29 is 4.42 Å². The van der Waals surface area contributed by atoms with E-state index in [1.165, 1.54) is 93.5 Å². The minimum Gasteiger partial charge on any atom is -0.455 e. The van der Waals surface area contributed by atoms with E-state index in [2.05, 4.69) is 392 Å². The Bertz CT molecular complexity index is 5750. The summed E-state index contributed by atoms with van der Waals surface area (Å²) in [6.45, 7) is 45.3. The molecule has 19 heteroatoms. The van der Waals surface area contributed by atoms with Crippen molar-refractivity contribution in [2.24, 2.45) is 52.0 Å². The monoisotopic (exact) mass is 1630 g/mol. The van der Waals surface area contributed by atoms with Gasteiger partial charge in [0.25, 0.3) is 0 Å². The number of nitrogens with one attached hydrogen (secondary N) is 5. The maximum Gasteiger partial charge on any atom is 0.168 e. The number of hydrogen-bond donors (Lipinski definition) is 5. The van der Waals surface area contributed by atoms with Crippen LogP contribution in [0.25, 0.3) is 84.3 Å². The fraction of sp³-hybridized carbons (Fsp3) is 0.404. The van der Waals surface area contributed by atoms with Gasteiger partial charge >= 0.3 is 0 Å². The van der Waals surface area contributed by atoms with Crippen LogP contribution in [0.5, 0.6) is 0 Å². The van der Waals surface area contributed by atoms with Crippen LogP contribution in [0.1, 0.15) is 195 Å². The van der Waals surface area contributed by atoms with E-state index in [-0.39, 0.29) is 57.9 Å². The number of thiophene rings is 3. The zero-order valence-corrected chi connectivity index (χ0v) is 76.4. The lowest BCUT2D eigenvalue weighted by Crippen LogP contribution is -2.46. The number of furan rings is 1. The molecule has 5 unspecified atom stereocenters. The van der Waals surface area contributed by atoms with Gasteiger partial charge < -0.3 is 28.9 Å². The summed E-state index contributed by atoms with van der Waals surface area (Å²) in [6, 6.07) is 62.1. The van der Waals surface area contributed by atoms with E-state index < -0.39 is 0 Å². The summed E-state index contributed by atoms with van der Waals surface area (Å²) >= 11 is 5.60. The van der Waals surface area contributed by atoms with Gasteiger partial charge in [0.05, 0.1) is 69.1 Å². The summed E-state index contributed by atoms with van der Waals surface area (Å²) in [5.41, 5.74) is 8.56. The molecule has 0 radical (unpaired) electrons. The third kappa shape index (κ3) is 17.8. The number of hydrogen-bond acceptors (Lipinski definition) is 19. The second-order valence-corrected chi connectivity index (χ2v) is 41.6. The predicted molar refractivity (Wildman–Crippen MR) is 512 cm³/mol. The first-order valence-electron chi connectivity index (χ1n) is 41.8. The Morgan fingerprint density at radius 3 is 1.21 bits per heavy atom. The minimum atomic E-state index is -0.0164. The molecule has 0 saturated heterocycles. The Morgan fingerprint density at radius 2 is 0.678 bits per heavy atom. The molecule has 0 spiro atoms. The molecule has 618 valence electrons. The Balaban J connectivity index is 0.000000122. The maximum atomic E-state index is 6.28. The van der Waals surface area contributed by atoms with Crippen LogP contribution in [0.4, 0.5) is 28.4 Å². The van der Waals surface area contributed by atoms with E-state index in [1.807, 2.05) is 78.8 Å². The molecule has 10 atom stereocenters. The number of aliphatic imine (C=N–C) groups is 5. The smallest absolute Gasteiger partial charge is 0.168 e. The van der Waals surface area contributed by atoms with Crippen molar-refractivity contribution in [3.05, 3.63) is 196 Å². The van der Waals surface area contributed by atoms with E-state index in [0.717, 1.165) is 45.2 Å². The van der Waals surface area contributed by atoms with Crippen LogP contribution in [-0.2, 0) is 0 Å². The van der Waals surface area contributed by atoms with Crippen molar-refractivity contribution >= 4 is 178 Å². The average Bonchev–Trinajstić information content (AvgIpc) is 1.61. The molecule has 0 fully saturated rings. The average molecular weight is 1640 g/mol. The van der Waals surface area contributed by atoms with Crippen molar-refractivity contribution in [3.8, 4) is 0 Å². The third-order valence-electron chi connectivity index (χ3n) is 24.9. The van der Waals surface area contributed by atoms with Crippen molar-refractivity contribution in [1.82, 2.24) is 51.1 Å². The topological polar surface area (TPSA) is 151 Å². The largest absolute Gasteiger partial charge is 0.455 e. The summed E-state index contributed by atoms with van der Waals surface area (Å²) in [4.78, 5) is 38.1. The molecule has 0 saturated carbocycles. The molecule has 16 nitrogen and oxygen atoms in total. The molecular formula is C99H123N15OS3. The highest BCUT2D eigenvalue weighted by atomic mass is 32.1. The molecule has 18 rings (SSSR count). The summed E-state index contributed by atoms with van der Waals surface area (Å²) in [6.07, 6.45) is 10.3. The van der Waals surface area contributed by atoms with E-state index in [4.69, 9.17) is 19.4 Å². The highest BCUT2D eigenvalue weighted by Crippen LogP contribution is 2.51. The van der Waals surface area contributed by atoms with Gasteiger partial charge in [-0.3, -0.25) is 26.6 Å². The van der Waals surface area contributed by atoms with E-state index in [1.54, 1.807) is 0 Å². The predicted octanol–water partition coefficient (Wildman–Crippen LogP) is 25.6. The van der Waals surface area contributed by atoms with Gasteiger partial charge in [0.1, 0.15) is 42.1 Å². The lowest BCUT2D eigenvalue weighted by Gasteiger charge is -2.38. The van der Waals surface area contributed by atoms with Crippen LogP contribution in [0.3, 0.4) is 0 Å². The van der Waals surface area contributed by atoms with Gasteiger partial charge in [-0.15, -0.1) is 34.0 Å². The highest BCUT2D eigenvalue weighted by Gasteiger charge is 2.37. The van der Waals surface area contributed by atoms with Crippen LogP contribution < -0.4 is 26.6 Å². The first kappa shape index (κ1) is 85.0. The van der Waals surface area contributed by atoms with Crippen LogP contribution in [-0.4, -0.2) is 122 Å². The molecule has 13 aromatic rings.